The van der Waals surface area contributed by atoms with Gasteiger partial charge in [0.2, 0.25) is 0 Å². The van der Waals surface area contributed by atoms with Crippen molar-refractivity contribution in [3.8, 4) is 56.3 Å². The van der Waals surface area contributed by atoms with Gasteiger partial charge in [0.1, 0.15) is 11.6 Å². The number of H-pyrrole nitrogens is 5. The van der Waals surface area contributed by atoms with E-state index in [1.54, 1.807) is 74.1 Å². The van der Waals surface area contributed by atoms with Gasteiger partial charge >= 0.3 is 0 Å². The van der Waals surface area contributed by atoms with E-state index in [2.05, 4.69) is 148 Å². The maximum atomic E-state index is 13.9. The van der Waals surface area contributed by atoms with Crippen LogP contribution in [-0.4, -0.2) is 78.8 Å². The van der Waals surface area contributed by atoms with Gasteiger partial charge in [0, 0.05) is 188 Å². The van der Waals surface area contributed by atoms with Crippen LogP contribution in [0.2, 0.25) is 5.02 Å². The van der Waals surface area contributed by atoms with E-state index in [1.165, 1.54) is 43.5 Å². The molecule has 1 fully saturated rings. The number of Topliss-reactive ketones (excluding diaryl/α,β-unsaturated/α-hetero) is 5. The Hall–Kier alpha value is -13.8. The number of aromatic nitrogens is 10. The number of pyridine rings is 5. The van der Waals surface area contributed by atoms with E-state index in [9.17, 15) is 32.8 Å². The number of nitrogens with zero attached hydrogens (tertiary/aromatic N) is 5. The summed E-state index contributed by atoms with van der Waals surface area (Å²) in [5, 5.41) is 17.7. The summed E-state index contributed by atoms with van der Waals surface area (Å²) in [6, 6.07) is 55.8. The van der Waals surface area contributed by atoms with Gasteiger partial charge in [-0.1, -0.05) is 114 Å². The Labute approximate surface area is 773 Å². The Morgan fingerprint density at radius 3 is 0.931 bits per heavy atom. The average Bonchev–Trinajstić information content (AvgIpc) is 1.62. The SMILES string of the molecule is CC1(C)CC(=O)c2c([nH]c(-c3ccncc3)c2Nc2ccc(Cl)cc2)C1.CC1(C)CC(=O)c2c([nH]c(-c3ccncc3)c2Nc2ccc(F)cc2)C1.CC1(C)CC(=O)c2c([nH]c(-c3ccncc3)c2Nc2cccc(Br)c2)C1.Cc1cc(F)cc(Nc2c(-c3ccncc3)[nH]c3c2C(=O)CC(C)(C)C3)c1.O=C1CC2(CCC2)Cc2[nH]c(-c3ccncc3)c(Nc3ccccc3)c21. The van der Waals surface area contributed by atoms with Crippen LogP contribution in [-0.2, 0) is 32.1 Å². The van der Waals surface area contributed by atoms with Gasteiger partial charge in [0.05, 0.1) is 84.7 Å². The molecule has 5 aromatic carbocycles. The molecule has 15 aromatic rings. The third-order valence-corrected chi connectivity index (χ3v) is 25.7. The second-order valence-electron chi connectivity index (χ2n) is 38.2. The molecular weight excluding hydrogens is 1730 g/mol. The monoisotopic (exact) mass is 1830 g/mol. The third kappa shape index (κ3) is 20.2. The lowest BCUT2D eigenvalue weighted by Crippen LogP contribution is -2.38. The van der Waals surface area contributed by atoms with Crippen LogP contribution < -0.4 is 26.6 Å². The van der Waals surface area contributed by atoms with Crippen LogP contribution in [0.15, 0.2) is 248 Å². The molecule has 6 aliphatic carbocycles. The van der Waals surface area contributed by atoms with E-state index < -0.39 is 0 Å². The Bertz CT molecular complexity index is 6580. The summed E-state index contributed by atoms with van der Waals surface area (Å²) < 4.78 is 28.1. The predicted octanol–water partition coefficient (Wildman–Crippen LogP) is 27.0. The molecule has 20 nitrogen and oxygen atoms in total. The number of ketones is 5. The number of aromatic amines is 5. The molecule has 0 radical (unpaired) electrons. The van der Waals surface area contributed by atoms with Gasteiger partial charge < -0.3 is 51.5 Å². The highest BCUT2D eigenvalue weighted by atomic mass is 79.9. The molecule has 1 spiro atoms. The van der Waals surface area contributed by atoms with Gasteiger partial charge in [-0.25, -0.2) is 8.78 Å². The first-order valence-electron chi connectivity index (χ1n) is 44.2. The minimum absolute atomic E-state index is 0.0303. The number of benzene rings is 5. The number of rotatable bonds is 15. The maximum Gasteiger partial charge on any atom is 0.167 e. The molecule has 0 saturated heterocycles. The number of carbonyl (C=O) groups excluding carboxylic acids is 5. The minimum atomic E-state index is -0.306. The van der Waals surface area contributed by atoms with Crippen LogP contribution in [0, 0.1) is 45.6 Å². The number of halogens is 4. The normalized spacial score (nSPS) is 16.0. The summed E-state index contributed by atoms with van der Waals surface area (Å²) in [6.07, 6.45) is 28.1. The summed E-state index contributed by atoms with van der Waals surface area (Å²) in [6.45, 7) is 18.8. The molecule has 10 aromatic heterocycles. The van der Waals surface area contributed by atoms with Crippen molar-refractivity contribution in [1.82, 2.24) is 49.8 Å². The van der Waals surface area contributed by atoms with Crippen LogP contribution in [0.3, 0.4) is 0 Å². The summed E-state index contributed by atoms with van der Waals surface area (Å²) in [5.41, 5.74) is 27.2. The molecule has 0 unspecified atom stereocenters. The fraction of sp³-hybridized carbons (Fsp3) is 0.252. The predicted molar refractivity (Wildman–Crippen MR) is 521 cm³/mol. The van der Waals surface area contributed by atoms with Crippen molar-refractivity contribution in [2.24, 2.45) is 27.1 Å². The van der Waals surface area contributed by atoms with Gasteiger partial charge in [-0.05, 0) is 242 Å². The molecule has 24 heteroatoms. The number of aryl methyl sites for hydroxylation is 1. The smallest absolute Gasteiger partial charge is 0.167 e. The summed E-state index contributed by atoms with van der Waals surface area (Å²) in [5.74, 6) is 0.250. The quantitative estimate of drug-likeness (QED) is 0.0457. The lowest BCUT2D eigenvalue weighted by molar-refractivity contribution is 0.0708. The van der Waals surface area contributed by atoms with Gasteiger partial charge in [-0.15, -0.1) is 0 Å². The maximum absolute atomic E-state index is 13.9. The Balaban J connectivity index is 0.000000115. The highest BCUT2D eigenvalue weighted by molar-refractivity contribution is 9.10. The van der Waals surface area contributed by atoms with E-state index in [4.69, 9.17) is 11.6 Å². The highest BCUT2D eigenvalue weighted by Crippen LogP contribution is 2.54. The van der Waals surface area contributed by atoms with Crippen molar-refractivity contribution < 1.29 is 32.8 Å². The van der Waals surface area contributed by atoms with Crippen molar-refractivity contribution in [1.29, 1.82) is 0 Å². The highest BCUT2D eigenvalue weighted by Gasteiger charge is 2.46. The van der Waals surface area contributed by atoms with E-state index in [-0.39, 0.29) is 67.6 Å². The van der Waals surface area contributed by atoms with Crippen LogP contribution in [0.25, 0.3) is 56.3 Å². The summed E-state index contributed by atoms with van der Waals surface area (Å²) >= 11 is 9.50. The molecule has 0 aliphatic heterocycles. The van der Waals surface area contributed by atoms with Crippen LogP contribution >= 0.6 is 27.5 Å². The molecule has 0 amide bonds. The van der Waals surface area contributed by atoms with Crippen LogP contribution in [0.5, 0.6) is 0 Å². The fourth-order valence-corrected chi connectivity index (χ4v) is 19.6. The molecule has 0 atom stereocenters. The first-order valence-corrected chi connectivity index (χ1v) is 45.4. The van der Waals surface area contributed by atoms with Crippen molar-refractivity contribution in [2.75, 3.05) is 26.6 Å². The number of hydrogen-bond acceptors (Lipinski definition) is 15. The Morgan fingerprint density at radius 1 is 0.313 bits per heavy atom. The summed E-state index contributed by atoms with van der Waals surface area (Å²) in [4.78, 5) is 103. The lowest BCUT2D eigenvalue weighted by Gasteiger charge is -2.44. The first kappa shape index (κ1) is 89.2. The number of fused-ring (bicyclic) bond motifs is 5. The molecule has 10 heterocycles. The second-order valence-corrected chi connectivity index (χ2v) is 39.6. The zero-order valence-corrected chi connectivity index (χ0v) is 76.9. The topological polar surface area (TPSA) is 289 Å². The molecule has 131 heavy (non-hydrogen) atoms. The van der Waals surface area contributed by atoms with Gasteiger partial charge in [0.25, 0.3) is 0 Å². The minimum Gasteiger partial charge on any atom is -0.356 e. The molecule has 10 N–H and O–H groups in total. The summed E-state index contributed by atoms with van der Waals surface area (Å²) in [7, 11) is 0. The van der Waals surface area contributed by atoms with E-state index >= 15 is 0 Å². The zero-order valence-electron chi connectivity index (χ0n) is 74.6. The molecule has 1 saturated carbocycles. The number of para-hydroxylation sites is 1. The largest absolute Gasteiger partial charge is 0.356 e. The third-order valence-electron chi connectivity index (χ3n) is 25.0. The van der Waals surface area contributed by atoms with Crippen LogP contribution in [0.4, 0.5) is 65.7 Å². The van der Waals surface area contributed by atoms with Crippen molar-refractivity contribution >= 4 is 113 Å². The molecule has 6 aliphatic rings. The Morgan fingerprint density at radius 2 is 0.611 bits per heavy atom. The number of anilines is 10. The van der Waals surface area contributed by atoms with Gasteiger partial charge in [0.15, 0.2) is 28.9 Å². The Kier molecular flexibility index (Phi) is 25.2. The number of nitrogens with one attached hydrogen (secondary N) is 10. The standard InChI is InChI=1S/C22H22FN3O.C22H21N3O.C21H20BrN3O.C21H20ClN3O.C21H20FN3O/c1-13-8-15(23)10-16(9-13)25-21-19-17(11-22(2,3)12-18(19)27)26-20(21)14-4-6-24-7-5-14;26-18-14-22(9-4-10-22)13-17-19(18)21(24-16-5-2-1-3-6-16)20(25-17)15-7-11-23-12-8-15;1-21(2)11-16-18(17(26)12-21)20(24-15-5-3-4-14(22)10-15)19(25-16)13-6-8-23-9-7-13;2*1-21(2)11-16-18(17(26)12-21)20(24-15-5-3-14(22)4-6-15)19(25-16)13-7-9-23-10-8-13/h4-10,25-26H,11-12H2,1-3H3;1-3,5-8,11-12,24-25H,4,9-10,13-14H2;3*3-10,24-25H,11-12H2,1-2H3. The van der Waals surface area contributed by atoms with Crippen molar-refractivity contribution in [3.63, 3.8) is 0 Å². The van der Waals surface area contributed by atoms with Gasteiger partial charge in [-0.3, -0.25) is 48.9 Å². The fourth-order valence-electron chi connectivity index (χ4n) is 19.1. The number of carbonyl (C=O) groups is 5. The lowest BCUT2D eigenvalue weighted by atomic mass is 9.60. The van der Waals surface area contributed by atoms with E-state index in [1.807, 2.05) is 153 Å². The first-order chi connectivity index (χ1) is 62.8. The molecule has 0 bridgehead atoms. The van der Waals surface area contributed by atoms with Crippen molar-refractivity contribution in [2.45, 2.75) is 146 Å². The molecular formula is C107H103BrClF2N15O5. The number of hydrogen-bond donors (Lipinski definition) is 10. The van der Waals surface area contributed by atoms with E-state index in [0.29, 0.717) is 59.6 Å². The molecule has 21 rings (SSSR count). The molecule has 664 valence electrons. The van der Waals surface area contributed by atoms with E-state index in [0.717, 1.165) is 189 Å². The average molecular weight is 1830 g/mol. The van der Waals surface area contributed by atoms with Gasteiger partial charge in [-0.2, -0.15) is 0 Å². The zero-order chi connectivity index (χ0) is 91.7. The van der Waals surface area contributed by atoms with Crippen molar-refractivity contribution in [3.05, 3.63) is 327 Å². The second kappa shape index (κ2) is 37.0. The van der Waals surface area contributed by atoms with Crippen LogP contribution in [0.1, 0.15) is 193 Å².